The lowest BCUT2D eigenvalue weighted by Gasteiger charge is -2.12. The topological polar surface area (TPSA) is 79.0 Å². The van der Waals surface area contributed by atoms with Gasteiger partial charge in [-0.2, -0.15) is 5.26 Å². The molecule has 0 aliphatic rings. The summed E-state index contributed by atoms with van der Waals surface area (Å²) in [5, 5.41) is 23.7. The third kappa shape index (κ3) is 2.19. The third-order valence-electron chi connectivity index (χ3n) is 3.12. The number of nitro groups is 1. The van der Waals surface area contributed by atoms with Gasteiger partial charge in [0.05, 0.1) is 21.7 Å². The van der Waals surface area contributed by atoms with Crippen molar-refractivity contribution in [2.45, 2.75) is 6.92 Å². The van der Waals surface area contributed by atoms with Gasteiger partial charge in [-0.15, -0.1) is 0 Å². The van der Waals surface area contributed by atoms with E-state index in [9.17, 15) is 15.4 Å². The summed E-state index contributed by atoms with van der Waals surface area (Å²) in [5.41, 5.74) is 2.41. The molecule has 0 bridgehead atoms. The second-order valence-electron chi connectivity index (χ2n) is 4.32. The predicted molar refractivity (Wildman–Crippen MR) is 77.5 cm³/mol. The molecule has 0 saturated heterocycles. The van der Waals surface area contributed by atoms with Crippen molar-refractivity contribution in [3.8, 4) is 17.2 Å². The number of hydrogen-bond acceptors (Lipinski definition) is 4. The zero-order chi connectivity index (χ0) is 14.7. The largest absolute Gasteiger partial charge is 0.387 e. The van der Waals surface area contributed by atoms with Crippen molar-refractivity contribution in [3.05, 3.63) is 57.6 Å². The summed E-state index contributed by atoms with van der Waals surface area (Å²) in [6.07, 6.45) is 0. The molecule has 0 aromatic heterocycles. The fourth-order valence-electron chi connectivity index (χ4n) is 2.24. The average Bonchev–Trinajstić information content (AvgIpc) is 2.46. The molecule has 0 saturated carbocycles. The average molecular weight is 267 g/mol. The monoisotopic (exact) mass is 267 g/mol. The van der Waals surface area contributed by atoms with Crippen molar-refractivity contribution in [1.29, 1.82) is 5.26 Å². The van der Waals surface area contributed by atoms with Crippen LogP contribution in [0.2, 0.25) is 0 Å². The zero-order valence-corrected chi connectivity index (χ0v) is 11.2. The van der Waals surface area contributed by atoms with Gasteiger partial charge in [0.25, 0.3) is 5.69 Å². The van der Waals surface area contributed by atoms with Crippen LogP contribution in [0, 0.1) is 28.4 Å². The van der Waals surface area contributed by atoms with E-state index in [-0.39, 0.29) is 11.3 Å². The Bertz CT molecular complexity index is 703. The van der Waals surface area contributed by atoms with Crippen LogP contribution in [0.1, 0.15) is 11.1 Å². The highest BCUT2D eigenvalue weighted by Gasteiger charge is 2.25. The molecule has 2 aromatic carbocycles. The lowest BCUT2D eigenvalue weighted by Crippen LogP contribution is -2.02. The van der Waals surface area contributed by atoms with Crippen molar-refractivity contribution in [3.63, 3.8) is 0 Å². The van der Waals surface area contributed by atoms with Gasteiger partial charge < -0.3 is 5.32 Å². The molecule has 0 aliphatic heterocycles. The van der Waals surface area contributed by atoms with Gasteiger partial charge in [0.15, 0.2) is 0 Å². The molecule has 100 valence electrons. The van der Waals surface area contributed by atoms with Crippen LogP contribution in [0.15, 0.2) is 36.4 Å². The number of nitriles is 1. The molecule has 1 N–H and O–H groups in total. The second-order valence-corrected chi connectivity index (χ2v) is 4.32. The van der Waals surface area contributed by atoms with Crippen LogP contribution in [-0.4, -0.2) is 12.0 Å². The van der Waals surface area contributed by atoms with Gasteiger partial charge in [-0.25, -0.2) is 0 Å². The fraction of sp³-hybridized carbons (Fsp3) is 0.133. The van der Waals surface area contributed by atoms with Gasteiger partial charge in [-0.05, 0) is 18.6 Å². The van der Waals surface area contributed by atoms with E-state index >= 15 is 0 Å². The van der Waals surface area contributed by atoms with Crippen molar-refractivity contribution >= 4 is 11.4 Å². The predicted octanol–water partition coefficient (Wildman–Crippen LogP) is 3.48. The maximum atomic E-state index is 11.4. The van der Waals surface area contributed by atoms with Gasteiger partial charge in [-0.3, -0.25) is 10.1 Å². The maximum Gasteiger partial charge on any atom is 0.281 e. The molecular weight excluding hydrogens is 254 g/mol. The van der Waals surface area contributed by atoms with Crippen molar-refractivity contribution in [1.82, 2.24) is 0 Å². The first-order valence-electron chi connectivity index (χ1n) is 6.05. The van der Waals surface area contributed by atoms with Crippen LogP contribution >= 0.6 is 0 Å². The zero-order valence-electron chi connectivity index (χ0n) is 11.2. The van der Waals surface area contributed by atoms with Gasteiger partial charge in [-0.1, -0.05) is 30.3 Å². The highest BCUT2D eigenvalue weighted by Crippen LogP contribution is 2.39. The molecule has 2 rings (SSSR count). The molecule has 0 amide bonds. The molecule has 0 atom stereocenters. The van der Waals surface area contributed by atoms with E-state index in [1.165, 1.54) is 0 Å². The van der Waals surface area contributed by atoms with Gasteiger partial charge >= 0.3 is 0 Å². The fourth-order valence-corrected chi connectivity index (χ4v) is 2.24. The summed E-state index contributed by atoms with van der Waals surface area (Å²) in [6, 6.07) is 12.6. The Hall–Kier alpha value is -2.87. The van der Waals surface area contributed by atoms with Crippen LogP contribution in [0.4, 0.5) is 11.4 Å². The maximum absolute atomic E-state index is 11.4. The first-order chi connectivity index (χ1) is 9.60. The summed E-state index contributed by atoms with van der Waals surface area (Å²) in [7, 11) is 1.69. The van der Waals surface area contributed by atoms with Crippen molar-refractivity contribution in [2.24, 2.45) is 0 Å². The molecule has 5 nitrogen and oxygen atoms in total. The van der Waals surface area contributed by atoms with Crippen molar-refractivity contribution < 1.29 is 4.92 Å². The Kier molecular flexibility index (Phi) is 3.67. The number of benzene rings is 2. The molecule has 20 heavy (non-hydrogen) atoms. The minimum atomic E-state index is -0.433. The Morgan fingerprint density at radius 1 is 1.30 bits per heavy atom. The minimum Gasteiger partial charge on any atom is -0.387 e. The molecule has 0 radical (unpaired) electrons. The number of nitrogens with zero attached hydrogens (tertiary/aromatic N) is 2. The van der Waals surface area contributed by atoms with Crippen LogP contribution in [0.5, 0.6) is 0 Å². The van der Waals surface area contributed by atoms with E-state index in [4.69, 9.17) is 0 Å². The Labute approximate surface area is 116 Å². The molecule has 0 aliphatic carbocycles. The first kappa shape index (κ1) is 13.6. The molecule has 0 spiro atoms. The Balaban J connectivity index is 2.91. The smallest absolute Gasteiger partial charge is 0.281 e. The SMILES string of the molecule is CNc1cc(C)c([N+](=O)[O-])c(-c2ccccc2)c1C#N. The number of anilines is 1. The van der Waals surface area contributed by atoms with Crippen molar-refractivity contribution in [2.75, 3.05) is 12.4 Å². The van der Waals surface area contributed by atoms with Crippen LogP contribution in [-0.2, 0) is 0 Å². The summed E-state index contributed by atoms with van der Waals surface area (Å²) in [5.74, 6) is 0. The normalized spacial score (nSPS) is 9.85. The molecule has 0 heterocycles. The lowest BCUT2D eigenvalue weighted by atomic mass is 9.94. The van der Waals surface area contributed by atoms with E-state index in [0.717, 1.165) is 0 Å². The molecular formula is C15H13N3O2. The van der Waals surface area contributed by atoms with Gasteiger partial charge in [0.1, 0.15) is 6.07 Å². The van der Waals surface area contributed by atoms with E-state index < -0.39 is 4.92 Å². The summed E-state index contributed by atoms with van der Waals surface area (Å²) >= 11 is 0. The second kappa shape index (κ2) is 5.41. The number of nitrogens with one attached hydrogen (secondary N) is 1. The molecule has 0 unspecified atom stereocenters. The number of rotatable bonds is 3. The van der Waals surface area contributed by atoms with Crippen LogP contribution in [0.25, 0.3) is 11.1 Å². The summed E-state index contributed by atoms with van der Waals surface area (Å²) in [4.78, 5) is 10.9. The van der Waals surface area contributed by atoms with Crippen LogP contribution < -0.4 is 5.32 Å². The summed E-state index contributed by atoms with van der Waals surface area (Å²) < 4.78 is 0. The lowest BCUT2D eigenvalue weighted by molar-refractivity contribution is -0.384. The number of aryl methyl sites for hydroxylation is 1. The Morgan fingerprint density at radius 3 is 2.45 bits per heavy atom. The highest BCUT2D eigenvalue weighted by molar-refractivity contribution is 5.86. The third-order valence-corrected chi connectivity index (χ3v) is 3.12. The molecule has 2 aromatic rings. The quantitative estimate of drug-likeness (QED) is 0.682. The van der Waals surface area contributed by atoms with Crippen LogP contribution in [0.3, 0.4) is 0 Å². The highest BCUT2D eigenvalue weighted by atomic mass is 16.6. The Morgan fingerprint density at radius 2 is 1.95 bits per heavy atom. The van der Waals surface area contributed by atoms with E-state index in [1.54, 1.807) is 44.3 Å². The number of nitro benzene ring substituents is 1. The first-order valence-corrected chi connectivity index (χ1v) is 6.05. The number of hydrogen-bond donors (Lipinski definition) is 1. The summed E-state index contributed by atoms with van der Waals surface area (Å²) in [6.45, 7) is 1.67. The standard InChI is InChI=1S/C15H13N3O2/c1-10-8-13(17-2)12(9-16)14(15(10)18(19)20)11-6-4-3-5-7-11/h3-8,17H,1-2H3. The van der Waals surface area contributed by atoms with E-state index in [0.29, 0.717) is 22.4 Å². The van der Waals surface area contributed by atoms with Gasteiger partial charge in [0.2, 0.25) is 0 Å². The molecule has 5 heteroatoms. The van der Waals surface area contributed by atoms with E-state index in [1.807, 2.05) is 6.07 Å². The molecule has 0 fully saturated rings. The van der Waals surface area contributed by atoms with Gasteiger partial charge in [0, 0.05) is 12.6 Å². The van der Waals surface area contributed by atoms with E-state index in [2.05, 4.69) is 11.4 Å². The minimum absolute atomic E-state index is 0.0215.